The van der Waals surface area contributed by atoms with E-state index in [4.69, 9.17) is 4.74 Å². The Morgan fingerprint density at radius 3 is 2.61 bits per heavy atom. The number of nitrogens with zero attached hydrogens (tertiary/aromatic N) is 3. The lowest BCUT2D eigenvalue weighted by molar-refractivity contribution is -0.141. The summed E-state index contributed by atoms with van der Waals surface area (Å²) in [6, 6.07) is 0. The average molecular weight is 400 g/mol. The van der Waals surface area contributed by atoms with Gasteiger partial charge in [-0.1, -0.05) is 0 Å². The summed E-state index contributed by atoms with van der Waals surface area (Å²) in [5.74, 6) is -0.578. The number of aromatic amines is 1. The number of alkyl halides is 3. The SMILES string of the molecule is CCOC(=O)c1[nH]c(C)c(C(=O)CN(C)Cc2nccn2CC(F)(F)F)c1C. The van der Waals surface area contributed by atoms with Crippen LogP contribution >= 0.6 is 0 Å². The summed E-state index contributed by atoms with van der Waals surface area (Å²) in [4.78, 5) is 33.1. The van der Waals surface area contributed by atoms with Gasteiger partial charge in [-0.15, -0.1) is 0 Å². The maximum atomic E-state index is 12.7. The topological polar surface area (TPSA) is 80.2 Å². The molecule has 0 bridgehead atoms. The summed E-state index contributed by atoms with van der Waals surface area (Å²) in [6.07, 6.45) is -1.81. The molecule has 0 aliphatic heterocycles. The van der Waals surface area contributed by atoms with Gasteiger partial charge in [-0.05, 0) is 33.4 Å². The molecule has 2 heterocycles. The van der Waals surface area contributed by atoms with Crippen LogP contribution in [0.15, 0.2) is 12.4 Å². The van der Waals surface area contributed by atoms with Crippen LogP contribution in [-0.2, 0) is 17.8 Å². The number of hydrogen-bond acceptors (Lipinski definition) is 5. The van der Waals surface area contributed by atoms with Crippen molar-refractivity contribution < 1.29 is 27.5 Å². The number of ether oxygens (including phenoxy) is 1. The summed E-state index contributed by atoms with van der Waals surface area (Å²) >= 11 is 0. The van der Waals surface area contributed by atoms with E-state index in [2.05, 4.69) is 9.97 Å². The molecule has 2 aromatic heterocycles. The predicted octanol–water partition coefficient (Wildman–Crippen LogP) is 2.88. The number of carbonyl (C=O) groups is 2. The minimum absolute atomic E-state index is 0.0410. The van der Waals surface area contributed by atoms with E-state index < -0.39 is 18.7 Å². The largest absolute Gasteiger partial charge is 0.461 e. The van der Waals surface area contributed by atoms with Crippen LogP contribution in [0.1, 0.15) is 44.9 Å². The number of likely N-dealkylation sites (N-methyl/N-ethyl adjacent to an activating group) is 1. The fourth-order valence-corrected chi connectivity index (χ4v) is 3.03. The molecule has 10 heteroatoms. The first-order chi connectivity index (χ1) is 13.0. The van der Waals surface area contributed by atoms with E-state index in [1.807, 2.05) is 0 Å². The van der Waals surface area contributed by atoms with Crippen LogP contribution in [-0.4, -0.2) is 57.6 Å². The number of H-pyrrole nitrogens is 1. The molecule has 0 radical (unpaired) electrons. The number of halogens is 3. The lowest BCUT2D eigenvalue weighted by atomic mass is 10.1. The quantitative estimate of drug-likeness (QED) is 0.544. The number of esters is 1. The Kier molecular flexibility index (Phi) is 6.65. The Labute approximate surface area is 160 Å². The molecule has 0 aromatic carbocycles. The molecule has 0 aliphatic rings. The lowest BCUT2D eigenvalue weighted by Gasteiger charge is -2.17. The van der Waals surface area contributed by atoms with E-state index in [0.717, 1.165) is 4.57 Å². The Morgan fingerprint density at radius 1 is 1.32 bits per heavy atom. The first-order valence-electron chi connectivity index (χ1n) is 8.68. The maximum Gasteiger partial charge on any atom is 0.406 e. The van der Waals surface area contributed by atoms with E-state index >= 15 is 0 Å². The standard InChI is InChI=1S/C18H23F3N4O3/c1-5-28-17(27)16-11(2)15(12(3)23-16)13(26)8-24(4)9-14-22-6-7-25(14)10-18(19,20)21/h6-7,23H,5,8-10H2,1-4H3. The fraction of sp³-hybridized carbons (Fsp3) is 0.500. The number of carbonyl (C=O) groups excluding carboxylic acids is 2. The summed E-state index contributed by atoms with van der Waals surface area (Å²) in [5, 5.41) is 0. The molecular weight excluding hydrogens is 377 g/mol. The maximum absolute atomic E-state index is 12.7. The van der Waals surface area contributed by atoms with Crippen molar-refractivity contribution in [3.05, 3.63) is 40.7 Å². The Bertz CT molecular complexity index is 855. The normalized spacial score (nSPS) is 11.9. The molecule has 0 unspecified atom stereocenters. The van der Waals surface area contributed by atoms with Gasteiger partial charge in [0, 0.05) is 23.7 Å². The van der Waals surface area contributed by atoms with Crippen molar-refractivity contribution in [2.24, 2.45) is 0 Å². The zero-order chi connectivity index (χ0) is 21.1. The van der Waals surface area contributed by atoms with E-state index in [0.29, 0.717) is 16.8 Å². The van der Waals surface area contributed by atoms with Gasteiger partial charge in [-0.25, -0.2) is 9.78 Å². The first-order valence-corrected chi connectivity index (χ1v) is 8.68. The molecule has 0 saturated carbocycles. The first kappa shape index (κ1) is 21.7. The number of Topliss-reactive ketones (excluding diaryl/α,β-unsaturated/α-hetero) is 1. The molecule has 1 N–H and O–H groups in total. The van der Waals surface area contributed by atoms with Crippen molar-refractivity contribution in [1.29, 1.82) is 0 Å². The van der Waals surface area contributed by atoms with Gasteiger partial charge >= 0.3 is 12.1 Å². The van der Waals surface area contributed by atoms with Crippen molar-refractivity contribution in [3.63, 3.8) is 0 Å². The van der Waals surface area contributed by atoms with E-state index in [1.54, 1.807) is 32.7 Å². The molecule has 154 valence electrons. The molecule has 0 aliphatic carbocycles. The molecule has 0 amide bonds. The van der Waals surface area contributed by atoms with E-state index in [-0.39, 0.29) is 37.0 Å². The predicted molar refractivity (Wildman–Crippen MR) is 95.2 cm³/mol. The van der Waals surface area contributed by atoms with Gasteiger partial charge in [0.05, 0.1) is 19.7 Å². The highest BCUT2D eigenvalue weighted by molar-refractivity contribution is 6.03. The second-order valence-corrected chi connectivity index (χ2v) is 6.53. The van der Waals surface area contributed by atoms with Gasteiger partial charge in [-0.3, -0.25) is 9.69 Å². The van der Waals surface area contributed by atoms with Crippen molar-refractivity contribution in [1.82, 2.24) is 19.4 Å². The number of aromatic nitrogens is 3. The van der Waals surface area contributed by atoms with E-state index in [9.17, 15) is 22.8 Å². The molecule has 0 saturated heterocycles. The van der Waals surface area contributed by atoms with Gasteiger partial charge in [0.2, 0.25) is 0 Å². The number of hydrogen-bond donors (Lipinski definition) is 1. The number of nitrogens with one attached hydrogen (secondary N) is 1. The Balaban J connectivity index is 2.10. The highest BCUT2D eigenvalue weighted by Crippen LogP contribution is 2.21. The lowest BCUT2D eigenvalue weighted by Crippen LogP contribution is -2.28. The van der Waals surface area contributed by atoms with Crippen LogP contribution < -0.4 is 0 Å². The summed E-state index contributed by atoms with van der Waals surface area (Å²) < 4.78 is 43.8. The number of ketones is 1. The van der Waals surface area contributed by atoms with Crippen LogP contribution in [0.3, 0.4) is 0 Å². The molecular formula is C18H23F3N4O3. The zero-order valence-electron chi connectivity index (χ0n) is 16.2. The molecule has 28 heavy (non-hydrogen) atoms. The van der Waals surface area contributed by atoms with Crippen molar-refractivity contribution in [2.45, 2.75) is 40.0 Å². The monoisotopic (exact) mass is 400 g/mol. The third kappa shape index (κ3) is 5.22. The molecule has 0 spiro atoms. The van der Waals surface area contributed by atoms with Crippen molar-refractivity contribution in [2.75, 3.05) is 20.2 Å². The molecule has 2 aromatic rings. The van der Waals surface area contributed by atoms with Gasteiger partial charge < -0.3 is 14.3 Å². The highest BCUT2D eigenvalue weighted by Gasteiger charge is 2.29. The second-order valence-electron chi connectivity index (χ2n) is 6.53. The van der Waals surface area contributed by atoms with Crippen LogP contribution in [0, 0.1) is 13.8 Å². The highest BCUT2D eigenvalue weighted by atomic mass is 19.4. The third-order valence-electron chi connectivity index (χ3n) is 4.17. The summed E-state index contributed by atoms with van der Waals surface area (Å²) in [7, 11) is 1.62. The van der Waals surface area contributed by atoms with Crippen molar-refractivity contribution in [3.8, 4) is 0 Å². The molecule has 0 fully saturated rings. The summed E-state index contributed by atoms with van der Waals surface area (Å²) in [6.45, 7) is 4.13. The third-order valence-corrected chi connectivity index (χ3v) is 4.17. The van der Waals surface area contributed by atoms with Crippen LogP contribution in [0.5, 0.6) is 0 Å². The number of rotatable bonds is 8. The van der Waals surface area contributed by atoms with Gasteiger partial charge in [0.15, 0.2) is 5.78 Å². The Hall–Kier alpha value is -2.62. The number of aryl methyl sites for hydroxylation is 1. The minimum atomic E-state index is -4.35. The van der Waals surface area contributed by atoms with Gasteiger partial charge in [0.25, 0.3) is 0 Å². The fourth-order valence-electron chi connectivity index (χ4n) is 3.03. The van der Waals surface area contributed by atoms with Crippen LogP contribution in [0.2, 0.25) is 0 Å². The molecule has 7 nitrogen and oxygen atoms in total. The molecule has 0 atom stereocenters. The number of imidazole rings is 1. The van der Waals surface area contributed by atoms with Crippen LogP contribution in [0.4, 0.5) is 13.2 Å². The minimum Gasteiger partial charge on any atom is -0.461 e. The van der Waals surface area contributed by atoms with E-state index in [1.165, 1.54) is 12.4 Å². The molecule has 2 rings (SSSR count). The Morgan fingerprint density at radius 2 is 2.00 bits per heavy atom. The van der Waals surface area contributed by atoms with Crippen LogP contribution in [0.25, 0.3) is 0 Å². The zero-order valence-corrected chi connectivity index (χ0v) is 16.2. The summed E-state index contributed by atoms with van der Waals surface area (Å²) in [5.41, 5.74) is 1.64. The average Bonchev–Trinajstić information content (AvgIpc) is 3.09. The van der Waals surface area contributed by atoms with Gasteiger partial charge in [0.1, 0.15) is 18.1 Å². The van der Waals surface area contributed by atoms with Crippen molar-refractivity contribution >= 4 is 11.8 Å². The van der Waals surface area contributed by atoms with Gasteiger partial charge in [-0.2, -0.15) is 13.2 Å². The second kappa shape index (κ2) is 8.59. The smallest absolute Gasteiger partial charge is 0.406 e.